The van der Waals surface area contributed by atoms with Gasteiger partial charge in [-0.15, -0.1) is 0 Å². The number of Topliss-reactive ketones (excluding diaryl/α,β-unsaturated/α-hetero) is 1. The van der Waals surface area contributed by atoms with Crippen LogP contribution in [0.5, 0.6) is 0 Å². The van der Waals surface area contributed by atoms with Gasteiger partial charge in [-0.2, -0.15) is 0 Å². The highest BCUT2D eigenvalue weighted by molar-refractivity contribution is 6.01. The fourth-order valence-electron chi connectivity index (χ4n) is 4.39. The molecule has 2 aliphatic rings. The summed E-state index contributed by atoms with van der Waals surface area (Å²) >= 11 is 0. The number of allylic oxidation sites excluding steroid dienone is 1. The van der Waals surface area contributed by atoms with Gasteiger partial charge in [0.25, 0.3) is 0 Å². The number of rotatable bonds is 2. The highest BCUT2D eigenvalue weighted by Gasteiger charge is 2.36. The zero-order valence-corrected chi connectivity index (χ0v) is 15.9. The normalized spacial score (nSPS) is 20.8. The zero-order chi connectivity index (χ0) is 19.8. The molecule has 5 rings (SSSR count). The molecule has 0 bridgehead atoms. The van der Waals surface area contributed by atoms with Crippen LogP contribution in [0.25, 0.3) is 0 Å². The number of hydrogen-bond acceptors (Lipinski definition) is 3. The number of fused-ring (bicyclic) bond motifs is 1. The van der Waals surface area contributed by atoms with E-state index in [0.29, 0.717) is 12.0 Å². The summed E-state index contributed by atoms with van der Waals surface area (Å²) in [7, 11) is 0. The van der Waals surface area contributed by atoms with E-state index in [1.165, 1.54) is 17.7 Å². The Bertz CT molecular complexity index is 1110. The summed E-state index contributed by atoms with van der Waals surface area (Å²) in [5.74, 6) is -0.0714. The molecule has 3 nitrogen and oxygen atoms in total. The first-order valence-corrected chi connectivity index (χ1v) is 9.88. The van der Waals surface area contributed by atoms with Crippen molar-refractivity contribution >= 4 is 17.2 Å². The fourth-order valence-corrected chi connectivity index (χ4v) is 4.39. The summed E-state index contributed by atoms with van der Waals surface area (Å²) in [6.45, 7) is 0. The molecule has 0 aromatic heterocycles. The van der Waals surface area contributed by atoms with Crippen molar-refractivity contribution in [1.82, 2.24) is 0 Å². The van der Waals surface area contributed by atoms with Crippen LogP contribution in [0.15, 0.2) is 90.1 Å². The van der Waals surface area contributed by atoms with E-state index in [-0.39, 0.29) is 23.6 Å². The monoisotopic (exact) mass is 384 g/mol. The van der Waals surface area contributed by atoms with Crippen molar-refractivity contribution in [1.29, 1.82) is 0 Å². The number of benzene rings is 3. The largest absolute Gasteiger partial charge is 0.372 e. The smallest absolute Gasteiger partial charge is 0.163 e. The van der Waals surface area contributed by atoms with E-state index >= 15 is 0 Å². The van der Waals surface area contributed by atoms with Crippen LogP contribution in [0.3, 0.4) is 0 Å². The highest BCUT2D eigenvalue weighted by Crippen LogP contribution is 2.44. The molecule has 2 atom stereocenters. The van der Waals surface area contributed by atoms with Gasteiger partial charge in [0.15, 0.2) is 5.78 Å². The minimum absolute atomic E-state index is 0.0992. The van der Waals surface area contributed by atoms with Crippen molar-refractivity contribution < 1.29 is 9.18 Å². The number of ketones is 1. The van der Waals surface area contributed by atoms with E-state index in [2.05, 4.69) is 22.8 Å². The number of nitrogens with one attached hydrogen (secondary N) is 2. The van der Waals surface area contributed by atoms with Crippen molar-refractivity contribution in [2.45, 2.75) is 24.8 Å². The Hall–Kier alpha value is -3.40. The lowest BCUT2D eigenvalue weighted by Gasteiger charge is -2.30. The van der Waals surface area contributed by atoms with Crippen molar-refractivity contribution in [2.24, 2.45) is 0 Å². The van der Waals surface area contributed by atoms with Crippen molar-refractivity contribution in [3.05, 3.63) is 107 Å². The second-order valence-electron chi connectivity index (χ2n) is 7.63. The minimum Gasteiger partial charge on any atom is -0.372 e. The minimum atomic E-state index is -0.388. The molecule has 2 N–H and O–H groups in total. The van der Waals surface area contributed by atoms with Gasteiger partial charge in [-0.1, -0.05) is 54.6 Å². The molecule has 144 valence electrons. The summed E-state index contributed by atoms with van der Waals surface area (Å²) in [4.78, 5) is 13.4. The maximum absolute atomic E-state index is 14.0. The molecular weight excluding hydrogens is 363 g/mol. The SMILES string of the molecule is O=C1C[C@@H](c2ccccc2)CC2=C1[C@@H](c1cccc(F)c1)Nc1ccccc1N2. The predicted molar refractivity (Wildman–Crippen MR) is 113 cm³/mol. The van der Waals surface area contributed by atoms with Crippen LogP contribution in [0.4, 0.5) is 15.8 Å². The van der Waals surface area contributed by atoms with Crippen LogP contribution in [0.1, 0.15) is 35.9 Å². The van der Waals surface area contributed by atoms with Gasteiger partial charge in [0, 0.05) is 17.7 Å². The number of anilines is 2. The Morgan fingerprint density at radius 3 is 2.31 bits per heavy atom. The van der Waals surface area contributed by atoms with E-state index in [1.807, 2.05) is 48.5 Å². The predicted octanol–water partition coefficient (Wildman–Crippen LogP) is 5.81. The van der Waals surface area contributed by atoms with Gasteiger partial charge in [0.05, 0.1) is 17.4 Å². The molecule has 0 radical (unpaired) electrons. The lowest BCUT2D eigenvalue weighted by Crippen LogP contribution is -2.26. The molecule has 0 saturated heterocycles. The van der Waals surface area contributed by atoms with Crippen molar-refractivity contribution in [2.75, 3.05) is 10.6 Å². The van der Waals surface area contributed by atoms with Gasteiger partial charge in [0.2, 0.25) is 0 Å². The van der Waals surface area contributed by atoms with Crippen LogP contribution in [-0.2, 0) is 4.79 Å². The van der Waals surface area contributed by atoms with Gasteiger partial charge in [-0.3, -0.25) is 4.79 Å². The summed E-state index contributed by atoms with van der Waals surface area (Å²) in [6.07, 6.45) is 1.20. The van der Waals surface area contributed by atoms with E-state index in [1.54, 1.807) is 6.07 Å². The summed E-state index contributed by atoms with van der Waals surface area (Å²) < 4.78 is 14.0. The van der Waals surface area contributed by atoms with Crippen LogP contribution in [0, 0.1) is 5.82 Å². The molecule has 0 unspecified atom stereocenters. The number of para-hydroxylation sites is 2. The molecule has 0 spiro atoms. The lowest BCUT2D eigenvalue weighted by molar-refractivity contribution is -0.116. The standard InChI is InChI=1S/C25H21FN2O/c26-19-10-6-9-17(13-19)25-24-22(27-20-11-4-5-12-21(20)28-25)14-18(15-23(24)29)16-7-2-1-3-8-16/h1-13,18,25,27-28H,14-15H2/t18-,25+/m0/s1. The molecule has 0 amide bonds. The number of carbonyl (C=O) groups is 1. The average Bonchev–Trinajstić information content (AvgIpc) is 2.91. The lowest BCUT2D eigenvalue weighted by atomic mass is 9.78. The molecule has 1 aliphatic carbocycles. The van der Waals surface area contributed by atoms with Gasteiger partial charge in [-0.25, -0.2) is 4.39 Å². The Labute approximate surface area is 169 Å². The molecular formula is C25H21FN2O. The van der Waals surface area contributed by atoms with E-state index < -0.39 is 0 Å². The second kappa shape index (κ2) is 7.21. The van der Waals surface area contributed by atoms with Crippen LogP contribution in [0.2, 0.25) is 0 Å². The van der Waals surface area contributed by atoms with Crippen LogP contribution >= 0.6 is 0 Å². The Morgan fingerprint density at radius 1 is 0.793 bits per heavy atom. The third kappa shape index (κ3) is 3.31. The summed E-state index contributed by atoms with van der Waals surface area (Å²) in [5, 5.41) is 6.99. The van der Waals surface area contributed by atoms with E-state index in [4.69, 9.17) is 0 Å². The molecule has 0 fully saturated rings. The molecule has 0 saturated carbocycles. The van der Waals surface area contributed by atoms with E-state index in [0.717, 1.165) is 29.1 Å². The van der Waals surface area contributed by atoms with Crippen LogP contribution in [-0.4, -0.2) is 5.78 Å². The second-order valence-corrected chi connectivity index (χ2v) is 7.63. The number of carbonyl (C=O) groups excluding carboxylic acids is 1. The zero-order valence-electron chi connectivity index (χ0n) is 15.9. The molecule has 3 aromatic carbocycles. The van der Waals surface area contributed by atoms with Gasteiger partial charge < -0.3 is 10.6 Å². The van der Waals surface area contributed by atoms with Crippen molar-refractivity contribution in [3.63, 3.8) is 0 Å². The molecule has 4 heteroatoms. The molecule has 3 aromatic rings. The summed E-state index contributed by atoms with van der Waals surface area (Å²) in [5.41, 5.74) is 5.38. The van der Waals surface area contributed by atoms with Crippen molar-refractivity contribution in [3.8, 4) is 0 Å². The fraction of sp³-hybridized carbons (Fsp3) is 0.160. The Kier molecular flexibility index (Phi) is 4.39. The number of hydrogen-bond donors (Lipinski definition) is 2. The maximum atomic E-state index is 14.0. The van der Waals surface area contributed by atoms with Crippen LogP contribution < -0.4 is 10.6 Å². The number of halogens is 1. The third-order valence-electron chi connectivity index (χ3n) is 5.76. The first kappa shape index (κ1) is 17.7. The molecule has 1 aliphatic heterocycles. The van der Waals surface area contributed by atoms with E-state index in [9.17, 15) is 9.18 Å². The van der Waals surface area contributed by atoms with Gasteiger partial charge in [0.1, 0.15) is 5.82 Å². The van der Waals surface area contributed by atoms with Gasteiger partial charge >= 0.3 is 0 Å². The third-order valence-corrected chi connectivity index (χ3v) is 5.76. The first-order chi connectivity index (χ1) is 14.2. The van der Waals surface area contributed by atoms with Gasteiger partial charge in [-0.05, 0) is 47.7 Å². The maximum Gasteiger partial charge on any atom is 0.163 e. The average molecular weight is 384 g/mol. The molecule has 1 heterocycles. The quantitative estimate of drug-likeness (QED) is 0.586. The molecule has 29 heavy (non-hydrogen) atoms. The highest BCUT2D eigenvalue weighted by atomic mass is 19.1. The first-order valence-electron chi connectivity index (χ1n) is 9.88. The summed E-state index contributed by atoms with van der Waals surface area (Å²) in [6, 6.07) is 24.2. The Balaban J connectivity index is 1.63. The topological polar surface area (TPSA) is 41.1 Å². The Morgan fingerprint density at radius 2 is 1.52 bits per heavy atom.